The molecule has 2 aromatic carbocycles. The van der Waals surface area contributed by atoms with Gasteiger partial charge in [0.05, 0.1) is 27.1 Å². The minimum absolute atomic E-state index is 0.0182. The fraction of sp³-hybridized carbons (Fsp3) is 0.318. The van der Waals surface area contributed by atoms with Gasteiger partial charge >= 0.3 is 0 Å². The molecule has 0 saturated heterocycles. The molecule has 0 N–H and O–H groups in total. The third-order valence-electron chi connectivity index (χ3n) is 5.05. The van der Waals surface area contributed by atoms with E-state index >= 15 is 0 Å². The summed E-state index contributed by atoms with van der Waals surface area (Å²) in [5.74, 6) is 1.99. The van der Waals surface area contributed by atoms with Crippen LogP contribution in [0, 0.1) is 0 Å². The van der Waals surface area contributed by atoms with Gasteiger partial charge in [0.1, 0.15) is 0 Å². The van der Waals surface area contributed by atoms with Gasteiger partial charge < -0.3 is 23.5 Å². The monoisotopic (exact) mass is 441 g/mol. The van der Waals surface area contributed by atoms with Crippen LogP contribution < -0.4 is 19.1 Å². The number of methoxy groups -OCH3 is 3. The smallest absolute Gasteiger partial charge is 0.277 e. The summed E-state index contributed by atoms with van der Waals surface area (Å²) in [4.78, 5) is 14.7. The van der Waals surface area contributed by atoms with E-state index in [1.54, 1.807) is 33.5 Å². The van der Waals surface area contributed by atoms with Crippen LogP contribution in [0.25, 0.3) is 11.5 Å². The van der Waals surface area contributed by atoms with Crippen molar-refractivity contribution in [2.45, 2.75) is 18.1 Å². The summed E-state index contributed by atoms with van der Waals surface area (Å²) in [6.07, 6.45) is 1.95. The van der Waals surface area contributed by atoms with Gasteiger partial charge in [-0.25, -0.2) is 0 Å². The molecule has 0 spiro atoms. The van der Waals surface area contributed by atoms with Gasteiger partial charge in [0.25, 0.3) is 5.22 Å². The molecule has 1 aromatic heterocycles. The third-order valence-corrected chi connectivity index (χ3v) is 5.85. The van der Waals surface area contributed by atoms with Crippen molar-refractivity contribution < 1.29 is 23.4 Å². The zero-order chi connectivity index (χ0) is 21.8. The van der Waals surface area contributed by atoms with Crippen molar-refractivity contribution in [2.75, 3.05) is 38.5 Å². The Morgan fingerprint density at radius 3 is 2.55 bits per heavy atom. The maximum atomic E-state index is 12.8. The highest BCUT2D eigenvalue weighted by Gasteiger charge is 2.23. The number of para-hydroxylation sites is 1. The van der Waals surface area contributed by atoms with Crippen LogP contribution in [0.2, 0.25) is 0 Å². The number of anilines is 1. The molecule has 0 aliphatic carbocycles. The average molecular weight is 442 g/mol. The summed E-state index contributed by atoms with van der Waals surface area (Å²) in [6.45, 7) is 0.719. The number of hydrogen-bond acceptors (Lipinski definition) is 8. The minimum Gasteiger partial charge on any atom is -0.493 e. The van der Waals surface area contributed by atoms with Crippen molar-refractivity contribution in [3.05, 3.63) is 42.0 Å². The zero-order valence-corrected chi connectivity index (χ0v) is 18.4. The number of fused-ring (bicyclic) bond motifs is 1. The molecule has 8 nitrogen and oxygen atoms in total. The molecule has 1 aliphatic heterocycles. The van der Waals surface area contributed by atoms with Gasteiger partial charge in [-0.05, 0) is 36.6 Å². The Kier molecular flexibility index (Phi) is 6.31. The summed E-state index contributed by atoms with van der Waals surface area (Å²) < 4.78 is 21.9. The molecule has 9 heteroatoms. The van der Waals surface area contributed by atoms with Crippen LogP contribution in [0.3, 0.4) is 0 Å². The second-order valence-electron chi connectivity index (χ2n) is 6.85. The van der Waals surface area contributed by atoms with Crippen molar-refractivity contribution in [3.8, 4) is 28.7 Å². The van der Waals surface area contributed by atoms with Gasteiger partial charge in [0, 0.05) is 17.8 Å². The van der Waals surface area contributed by atoms with Gasteiger partial charge in [0.15, 0.2) is 11.5 Å². The Morgan fingerprint density at radius 1 is 1.10 bits per heavy atom. The first-order valence-corrected chi connectivity index (χ1v) is 10.8. The van der Waals surface area contributed by atoms with Crippen LogP contribution in [0.15, 0.2) is 46.0 Å². The Morgan fingerprint density at radius 2 is 1.84 bits per heavy atom. The maximum Gasteiger partial charge on any atom is 0.277 e. The van der Waals surface area contributed by atoms with Crippen LogP contribution in [-0.2, 0) is 11.2 Å². The Hall–Kier alpha value is -3.20. The number of hydrogen-bond donors (Lipinski definition) is 0. The predicted octanol–water partition coefficient (Wildman–Crippen LogP) is 3.83. The summed E-state index contributed by atoms with van der Waals surface area (Å²) in [6, 6.07) is 11.5. The van der Waals surface area contributed by atoms with Crippen LogP contribution >= 0.6 is 11.8 Å². The fourth-order valence-corrected chi connectivity index (χ4v) is 4.22. The first-order valence-electron chi connectivity index (χ1n) is 9.79. The van der Waals surface area contributed by atoms with Crippen molar-refractivity contribution >= 4 is 23.4 Å². The number of thioether (sulfide) groups is 1. The maximum absolute atomic E-state index is 12.8. The summed E-state index contributed by atoms with van der Waals surface area (Å²) in [7, 11) is 4.63. The molecule has 2 heterocycles. The second kappa shape index (κ2) is 9.30. The Labute approximate surface area is 184 Å². The number of rotatable bonds is 7. The molecule has 0 radical (unpaired) electrons. The molecular formula is C22H23N3O5S. The number of carbonyl (C=O) groups excluding carboxylic acids is 1. The lowest BCUT2D eigenvalue weighted by atomic mass is 10.0. The first kappa shape index (κ1) is 21.0. The minimum atomic E-state index is 0.0182. The Bertz CT molecular complexity index is 1060. The van der Waals surface area contributed by atoms with E-state index in [1.165, 1.54) is 17.3 Å². The van der Waals surface area contributed by atoms with Crippen molar-refractivity contribution in [1.82, 2.24) is 10.2 Å². The van der Waals surface area contributed by atoms with Crippen LogP contribution in [0.5, 0.6) is 17.2 Å². The van der Waals surface area contributed by atoms with Crippen LogP contribution in [0.4, 0.5) is 5.69 Å². The van der Waals surface area contributed by atoms with Gasteiger partial charge in [-0.1, -0.05) is 30.0 Å². The SMILES string of the molecule is COc1cc(-c2nnc(SCC(=O)N3CCCc4ccccc43)o2)cc(OC)c1OC. The van der Waals surface area contributed by atoms with Gasteiger partial charge in [-0.15, -0.1) is 10.2 Å². The van der Waals surface area contributed by atoms with Crippen molar-refractivity contribution in [3.63, 3.8) is 0 Å². The molecule has 3 aromatic rings. The molecule has 0 unspecified atom stereocenters. The standard InChI is InChI=1S/C22H23N3O5S/c1-27-17-11-15(12-18(28-2)20(17)29-3)21-23-24-22(30-21)31-13-19(26)25-10-6-8-14-7-4-5-9-16(14)25/h4-5,7,9,11-12H,6,8,10,13H2,1-3H3. The predicted molar refractivity (Wildman–Crippen MR) is 117 cm³/mol. The number of amides is 1. The largest absolute Gasteiger partial charge is 0.493 e. The number of aromatic nitrogens is 2. The van der Waals surface area contributed by atoms with E-state index in [-0.39, 0.29) is 11.7 Å². The zero-order valence-electron chi connectivity index (χ0n) is 17.6. The topological polar surface area (TPSA) is 86.9 Å². The van der Waals surface area contributed by atoms with Crippen LogP contribution in [-0.4, -0.2) is 49.7 Å². The molecule has 4 rings (SSSR count). The van der Waals surface area contributed by atoms with E-state index in [9.17, 15) is 4.79 Å². The van der Waals surface area contributed by atoms with E-state index in [2.05, 4.69) is 16.3 Å². The number of carbonyl (C=O) groups is 1. The quantitative estimate of drug-likeness (QED) is 0.511. The lowest BCUT2D eigenvalue weighted by Gasteiger charge is -2.29. The van der Waals surface area contributed by atoms with E-state index in [1.807, 2.05) is 23.1 Å². The fourth-order valence-electron chi connectivity index (χ4n) is 3.58. The van der Waals surface area contributed by atoms with E-state index in [4.69, 9.17) is 18.6 Å². The molecule has 0 saturated carbocycles. The highest BCUT2D eigenvalue weighted by molar-refractivity contribution is 7.99. The summed E-state index contributed by atoms with van der Waals surface area (Å²) in [5.41, 5.74) is 2.82. The molecule has 0 atom stereocenters. The number of ether oxygens (including phenoxy) is 3. The number of nitrogens with zero attached hydrogens (tertiary/aromatic N) is 3. The molecule has 0 fully saturated rings. The van der Waals surface area contributed by atoms with Gasteiger partial charge in [-0.3, -0.25) is 4.79 Å². The molecule has 31 heavy (non-hydrogen) atoms. The molecule has 162 valence electrons. The highest BCUT2D eigenvalue weighted by Crippen LogP contribution is 2.41. The highest BCUT2D eigenvalue weighted by atomic mass is 32.2. The lowest BCUT2D eigenvalue weighted by molar-refractivity contribution is -0.116. The van der Waals surface area contributed by atoms with Gasteiger partial charge in [-0.2, -0.15) is 0 Å². The van der Waals surface area contributed by atoms with Gasteiger partial charge in [0.2, 0.25) is 17.5 Å². The molecule has 1 aliphatic rings. The first-order chi connectivity index (χ1) is 15.1. The summed E-state index contributed by atoms with van der Waals surface area (Å²) in [5, 5.41) is 8.50. The van der Waals surface area contributed by atoms with Crippen molar-refractivity contribution in [1.29, 1.82) is 0 Å². The second-order valence-corrected chi connectivity index (χ2v) is 7.78. The number of benzene rings is 2. The van der Waals surface area contributed by atoms with Crippen LogP contribution in [0.1, 0.15) is 12.0 Å². The molecule has 0 bridgehead atoms. The normalized spacial score (nSPS) is 12.9. The van der Waals surface area contributed by atoms with E-state index in [0.717, 1.165) is 25.1 Å². The van der Waals surface area contributed by atoms with Crippen molar-refractivity contribution in [2.24, 2.45) is 0 Å². The average Bonchev–Trinajstić information content (AvgIpc) is 3.30. The Balaban J connectivity index is 1.47. The summed E-state index contributed by atoms with van der Waals surface area (Å²) >= 11 is 1.22. The van der Waals surface area contributed by atoms with E-state index < -0.39 is 0 Å². The van der Waals surface area contributed by atoms with E-state index in [0.29, 0.717) is 33.9 Å². The molecule has 1 amide bonds. The lowest BCUT2D eigenvalue weighted by Crippen LogP contribution is -2.36. The third kappa shape index (κ3) is 4.32. The number of aryl methyl sites for hydroxylation is 1. The molecular weight excluding hydrogens is 418 g/mol.